The molecular weight excluding hydrogens is 324 g/mol. The molecule has 2 N–H and O–H groups in total. The molecule has 6 nitrogen and oxygen atoms in total. The van der Waals surface area contributed by atoms with E-state index < -0.39 is 0 Å². The summed E-state index contributed by atoms with van der Waals surface area (Å²) in [5.41, 5.74) is 0.985. The molecule has 2 fully saturated rings. The van der Waals surface area contributed by atoms with Crippen molar-refractivity contribution >= 4 is 38.5 Å². The van der Waals surface area contributed by atoms with E-state index in [0.717, 1.165) is 28.2 Å². The number of aromatic nitrogens is 1. The Morgan fingerprint density at radius 3 is 2.92 bits per heavy atom. The van der Waals surface area contributed by atoms with Crippen molar-refractivity contribution in [3.63, 3.8) is 0 Å². The highest BCUT2D eigenvalue weighted by Gasteiger charge is 2.41. The zero-order valence-electron chi connectivity index (χ0n) is 13.3. The Morgan fingerprint density at radius 1 is 1.29 bits per heavy atom. The first-order chi connectivity index (χ1) is 11.7. The van der Waals surface area contributed by atoms with E-state index in [0.29, 0.717) is 32.1 Å². The molecule has 1 unspecified atom stereocenters. The van der Waals surface area contributed by atoms with Gasteiger partial charge in [0, 0.05) is 32.1 Å². The molecule has 1 aromatic carbocycles. The van der Waals surface area contributed by atoms with Crippen LogP contribution in [0.1, 0.15) is 19.3 Å². The van der Waals surface area contributed by atoms with Crippen LogP contribution in [0.25, 0.3) is 10.2 Å². The molecule has 7 heteroatoms. The third-order valence-electron chi connectivity index (χ3n) is 4.51. The number of hydrogen-bond donors (Lipinski definition) is 2. The average molecular weight is 344 g/mol. The maximum Gasteiger partial charge on any atom is 0.225 e. The third-order valence-corrected chi connectivity index (χ3v) is 5.51. The largest absolute Gasteiger partial charge is 0.360 e. The van der Waals surface area contributed by atoms with Crippen LogP contribution in [0.15, 0.2) is 24.3 Å². The highest BCUT2D eigenvalue weighted by Crippen LogP contribution is 2.32. The molecular formula is C17H20N4O2S. The molecule has 24 heavy (non-hydrogen) atoms. The van der Waals surface area contributed by atoms with Gasteiger partial charge in [0.15, 0.2) is 5.13 Å². The average Bonchev–Trinajstić information content (AvgIpc) is 3.22. The first kappa shape index (κ1) is 15.4. The molecule has 0 bridgehead atoms. The van der Waals surface area contributed by atoms with Crippen molar-refractivity contribution in [2.75, 3.05) is 25.0 Å². The van der Waals surface area contributed by atoms with Gasteiger partial charge in [-0.2, -0.15) is 0 Å². The van der Waals surface area contributed by atoms with Crippen molar-refractivity contribution in [3.8, 4) is 0 Å². The number of carbonyl (C=O) groups excluding carboxylic acids is 2. The summed E-state index contributed by atoms with van der Waals surface area (Å²) in [6, 6.07) is 8.40. The summed E-state index contributed by atoms with van der Waals surface area (Å²) in [4.78, 5) is 30.5. The minimum atomic E-state index is -0.194. The van der Waals surface area contributed by atoms with Gasteiger partial charge in [-0.15, -0.1) is 0 Å². The lowest BCUT2D eigenvalue weighted by Crippen LogP contribution is -2.35. The van der Waals surface area contributed by atoms with Crippen LogP contribution in [0.3, 0.4) is 0 Å². The smallest absolute Gasteiger partial charge is 0.225 e. The zero-order valence-corrected chi connectivity index (χ0v) is 14.1. The summed E-state index contributed by atoms with van der Waals surface area (Å²) in [6.07, 6.45) is 2.53. The Labute approximate surface area is 144 Å². The lowest BCUT2D eigenvalue weighted by molar-refractivity contribution is -0.129. The van der Waals surface area contributed by atoms with E-state index >= 15 is 0 Å². The zero-order chi connectivity index (χ0) is 16.5. The van der Waals surface area contributed by atoms with Crippen LogP contribution in [0.2, 0.25) is 0 Å². The van der Waals surface area contributed by atoms with E-state index in [1.165, 1.54) is 0 Å². The van der Waals surface area contributed by atoms with Crippen LogP contribution in [0.4, 0.5) is 5.13 Å². The molecule has 1 atom stereocenters. The minimum Gasteiger partial charge on any atom is -0.360 e. The van der Waals surface area contributed by atoms with Crippen LogP contribution in [0.5, 0.6) is 0 Å². The van der Waals surface area contributed by atoms with Crippen LogP contribution < -0.4 is 10.6 Å². The Morgan fingerprint density at radius 2 is 2.12 bits per heavy atom. The molecule has 0 radical (unpaired) electrons. The number of nitrogens with zero attached hydrogens (tertiary/aromatic N) is 2. The van der Waals surface area contributed by atoms with Gasteiger partial charge in [-0.1, -0.05) is 23.5 Å². The maximum absolute atomic E-state index is 12.2. The molecule has 1 aliphatic heterocycles. The van der Waals surface area contributed by atoms with Gasteiger partial charge in [0.25, 0.3) is 0 Å². The van der Waals surface area contributed by atoms with Crippen LogP contribution in [0, 0.1) is 5.92 Å². The van der Waals surface area contributed by atoms with Gasteiger partial charge >= 0.3 is 0 Å². The highest BCUT2D eigenvalue weighted by atomic mass is 32.1. The fraction of sp³-hybridized carbons (Fsp3) is 0.471. The number of nitrogens with one attached hydrogen (secondary N) is 2. The number of benzene rings is 1. The van der Waals surface area contributed by atoms with Crippen molar-refractivity contribution in [1.29, 1.82) is 0 Å². The molecule has 4 rings (SSSR count). The van der Waals surface area contributed by atoms with E-state index in [2.05, 4.69) is 15.6 Å². The molecule has 2 amide bonds. The lowest BCUT2D eigenvalue weighted by atomic mass is 10.1. The molecule has 2 aliphatic rings. The normalized spacial score (nSPS) is 20.6. The van der Waals surface area contributed by atoms with Gasteiger partial charge < -0.3 is 15.5 Å². The second-order valence-corrected chi connectivity index (χ2v) is 7.41. The number of likely N-dealkylation sites (tertiary alicyclic amines) is 1. The monoisotopic (exact) mass is 344 g/mol. The van der Waals surface area contributed by atoms with Crippen LogP contribution >= 0.6 is 11.3 Å². The first-order valence-electron chi connectivity index (χ1n) is 8.37. The number of hydrogen-bond acceptors (Lipinski definition) is 5. The summed E-state index contributed by atoms with van der Waals surface area (Å²) in [5, 5.41) is 7.03. The number of amides is 2. The topological polar surface area (TPSA) is 74.3 Å². The molecule has 1 saturated carbocycles. The molecule has 1 aliphatic carbocycles. The van der Waals surface area contributed by atoms with Gasteiger partial charge in [0.1, 0.15) is 0 Å². The van der Waals surface area contributed by atoms with Crippen molar-refractivity contribution in [1.82, 2.24) is 15.2 Å². The predicted molar refractivity (Wildman–Crippen MR) is 94.0 cm³/mol. The Bertz CT molecular complexity index is 738. The highest BCUT2D eigenvalue weighted by molar-refractivity contribution is 7.22. The molecule has 126 valence electrons. The Hall–Kier alpha value is -2.15. The van der Waals surface area contributed by atoms with Crippen LogP contribution in [-0.4, -0.2) is 47.4 Å². The van der Waals surface area contributed by atoms with E-state index in [-0.39, 0.29) is 17.7 Å². The molecule has 0 spiro atoms. The lowest BCUT2D eigenvalue weighted by Gasteiger charge is -2.15. The van der Waals surface area contributed by atoms with E-state index in [1.807, 2.05) is 29.2 Å². The number of para-hydroxylation sites is 1. The molecule has 1 aromatic heterocycles. The first-order valence-corrected chi connectivity index (χ1v) is 9.19. The minimum absolute atomic E-state index is 0.0161. The van der Waals surface area contributed by atoms with Gasteiger partial charge in [-0.3, -0.25) is 9.59 Å². The van der Waals surface area contributed by atoms with Gasteiger partial charge in [-0.25, -0.2) is 4.98 Å². The van der Waals surface area contributed by atoms with E-state index in [4.69, 9.17) is 0 Å². The quantitative estimate of drug-likeness (QED) is 0.784. The number of thiazole rings is 1. The molecule has 2 aromatic rings. The van der Waals surface area contributed by atoms with Crippen molar-refractivity contribution < 1.29 is 9.59 Å². The summed E-state index contributed by atoms with van der Waals surface area (Å²) < 4.78 is 1.15. The second kappa shape index (κ2) is 6.39. The van der Waals surface area contributed by atoms with Gasteiger partial charge in [-0.05, 0) is 25.0 Å². The van der Waals surface area contributed by atoms with Crippen molar-refractivity contribution in [3.05, 3.63) is 24.3 Å². The van der Waals surface area contributed by atoms with E-state index in [9.17, 15) is 9.59 Å². The summed E-state index contributed by atoms with van der Waals surface area (Å²) in [7, 11) is 0. The molecule has 2 heterocycles. The molecule has 1 saturated heterocycles. The second-order valence-electron chi connectivity index (χ2n) is 6.38. The SMILES string of the molecule is O=C(NCCNc1nc2ccccc2s1)C1CC(=O)N(C2CC2)C1. The fourth-order valence-electron chi connectivity index (χ4n) is 3.09. The Kier molecular flexibility index (Phi) is 4.10. The van der Waals surface area contributed by atoms with Gasteiger partial charge in [0.2, 0.25) is 11.8 Å². The standard InChI is InChI=1S/C17H20N4O2S/c22-15-9-11(10-21(15)12-5-6-12)16(23)18-7-8-19-17-20-13-3-1-2-4-14(13)24-17/h1-4,11-12H,5-10H2,(H,18,23)(H,19,20). The maximum atomic E-state index is 12.2. The predicted octanol–water partition coefficient (Wildman–Crippen LogP) is 1.84. The number of carbonyl (C=O) groups is 2. The van der Waals surface area contributed by atoms with Crippen molar-refractivity contribution in [2.24, 2.45) is 5.92 Å². The van der Waals surface area contributed by atoms with Crippen molar-refractivity contribution in [2.45, 2.75) is 25.3 Å². The number of fused-ring (bicyclic) bond motifs is 1. The number of rotatable bonds is 6. The van der Waals surface area contributed by atoms with Gasteiger partial charge in [0.05, 0.1) is 16.1 Å². The van der Waals surface area contributed by atoms with E-state index in [1.54, 1.807) is 11.3 Å². The van der Waals surface area contributed by atoms with Crippen LogP contribution in [-0.2, 0) is 9.59 Å². The summed E-state index contributed by atoms with van der Waals surface area (Å²) in [5.74, 6) is -0.0802. The summed E-state index contributed by atoms with van der Waals surface area (Å²) in [6.45, 7) is 1.74. The Balaban J connectivity index is 1.22. The summed E-state index contributed by atoms with van der Waals surface area (Å²) >= 11 is 1.61. The fourth-order valence-corrected chi connectivity index (χ4v) is 3.99. The third kappa shape index (κ3) is 3.21. The number of anilines is 1.